The van der Waals surface area contributed by atoms with Crippen LogP contribution in [0.1, 0.15) is 12.6 Å². The highest BCUT2D eigenvalue weighted by Crippen LogP contribution is 2.24. The first-order chi connectivity index (χ1) is 14.2. The Labute approximate surface area is 171 Å². The van der Waals surface area contributed by atoms with Crippen molar-refractivity contribution in [2.45, 2.75) is 25.5 Å². The van der Waals surface area contributed by atoms with Crippen molar-refractivity contribution in [1.29, 1.82) is 0 Å². The van der Waals surface area contributed by atoms with Gasteiger partial charge in [0.15, 0.2) is 16.7 Å². The molecule has 1 N–H and O–H groups in total. The van der Waals surface area contributed by atoms with Crippen LogP contribution in [0.4, 0.5) is 5.82 Å². The lowest BCUT2D eigenvalue weighted by Gasteiger charge is -2.09. The zero-order chi connectivity index (χ0) is 20.2. The van der Waals surface area contributed by atoms with Crippen molar-refractivity contribution in [3.05, 3.63) is 60.5 Å². The molecule has 0 bridgehead atoms. The lowest BCUT2D eigenvalue weighted by molar-refractivity contribution is -0.113. The van der Waals surface area contributed by atoms with E-state index >= 15 is 0 Å². The Balaban J connectivity index is 1.46. The van der Waals surface area contributed by atoms with Crippen LogP contribution in [0.15, 0.2) is 64.4 Å². The standard InChI is InChI=1S/C20H20N6O2S/c1-3-25-19(16-10-7-11-28-16)22-23-20(25)29-13-18(27)21-17-12-14(2)24-26(17)15-8-5-4-6-9-15/h4-12H,3,13H2,1-2H3,(H,21,27). The third-order valence-corrected chi connectivity index (χ3v) is 5.17. The van der Waals surface area contributed by atoms with Gasteiger partial charge in [0.1, 0.15) is 5.82 Å². The Hall–Kier alpha value is -3.33. The van der Waals surface area contributed by atoms with Gasteiger partial charge in [-0.05, 0) is 38.1 Å². The number of carbonyl (C=O) groups is 1. The van der Waals surface area contributed by atoms with Crippen molar-refractivity contribution in [2.75, 3.05) is 11.1 Å². The molecule has 0 aliphatic heterocycles. The number of benzene rings is 1. The van der Waals surface area contributed by atoms with E-state index in [0.29, 0.717) is 29.1 Å². The first-order valence-electron chi connectivity index (χ1n) is 9.17. The van der Waals surface area contributed by atoms with Crippen molar-refractivity contribution in [3.63, 3.8) is 0 Å². The Morgan fingerprint density at radius 3 is 2.72 bits per heavy atom. The van der Waals surface area contributed by atoms with E-state index in [1.807, 2.05) is 66.9 Å². The van der Waals surface area contributed by atoms with Crippen molar-refractivity contribution in [1.82, 2.24) is 24.5 Å². The van der Waals surface area contributed by atoms with Crippen molar-refractivity contribution >= 4 is 23.5 Å². The Morgan fingerprint density at radius 2 is 2.00 bits per heavy atom. The van der Waals surface area contributed by atoms with E-state index in [9.17, 15) is 4.79 Å². The maximum absolute atomic E-state index is 12.6. The molecule has 0 aliphatic rings. The van der Waals surface area contributed by atoms with Gasteiger partial charge in [-0.3, -0.25) is 9.36 Å². The Bertz CT molecular complexity index is 1100. The van der Waals surface area contributed by atoms with E-state index in [2.05, 4.69) is 20.6 Å². The summed E-state index contributed by atoms with van der Waals surface area (Å²) in [5.41, 5.74) is 1.71. The third-order valence-electron chi connectivity index (χ3n) is 4.21. The molecule has 3 heterocycles. The summed E-state index contributed by atoms with van der Waals surface area (Å²) < 4.78 is 9.07. The largest absolute Gasteiger partial charge is 0.461 e. The smallest absolute Gasteiger partial charge is 0.236 e. The lowest BCUT2D eigenvalue weighted by Crippen LogP contribution is -2.17. The maximum Gasteiger partial charge on any atom is 0.236 e. The quantitative estimate of drug-likeness (QED) is 0.468. The minimum absolute atomic E-state index is 0.141. The van der Waals surface area contributed by atoms with Gasteiger partial charge in [0.25, 0.3) is 0 Å². The molecular weight excluding hydrogens is 388 g/mol. The minimum atomic E-state index is -0.141. The molecular formula is C20H20N6O2S. The fraction of sp³-hybridized carbons (Fsp3) is 0.200. The molecule has 0 aliphatic carbocycles. The first kappa shape index (κ1) is 19.0. The molecule has 148 valence electrons. The van der Waals surface area contributed by atoms with E-state index in [-0.39, 0.29) is 11.7 Å². The zero-order valence-corrected chi connectivity index (χ0v) is 16.9. The van der Waals surface area contributed by atoms with Gasteiger partial charge in [-0.2, -0.15) is 5.10 Å². The van der Waals surface area contributed by atoms with Crippen LogP contribution in [-0.2, 0) is 11.3 Å². The molecule has 4 rings (SSSR count). The number of amides is 1. The fourth-order valence-electron chi connectivity index (χ4n) is 2.93. The fourth-order valence-corrected chi connectivity index (χ4v) is 3.73. The summed E-state index contributed by atoms with van der Waals surface area (Å²) in [5.74, 6) is 2.00. The van der Waals surface area contributed by atoms with Gasteiger partial charge >= 0.3 is 0 Å². The van der Waals surface area contributed by atoms with Crippen LogP contribution in [0.5, 0.6) is 0 Å². The normalized spacial score (nSPS) is 11.0. The summed E-state index contributed by atoms with van der Waals surface area (Å²) in [6.45, 7) is 4.57. The monoisotopic (exact) mass is 408 g/mol. The molecule has 1 aromatic carbocycles. The van der Waals surface area contributed by atoms with Gasteiger partial charge in [-0.15, -0.1) is 10.2 Å². The van der Waals surface area contributed by atoms with Crippen molar-refractivity contribution in [3.8, 4) is 17.3 Å². The summed E-state index contributed by atoms with van der Waals surface area (Å²) in [5, 5.41) is 16.5. The number of aromatic nitrogens is 5. The molecule has 0 saturated carbocycles. The molecule has 1 amide bonds. The molecule has 4 aromatic rings. The van der Waals surface area contributed by atoms with Crippen LogP contribution in [0, 0.1) is 6.92 Å². The SMILES string of the molecule is CCn1c(SCC(=O)Nc2cc(C)nn2-c2ccccc2)nnc1-c1ccco1. The Morgan fingerprint density at radius 1 is 1.17 bits per heavy atom. The maximum atomic E-state index is 12.6. The predicted octanol–water partition coefficient (Wildman–Crippen LogP) is 3.78. The number of hydrogen-bond donors (Lipinski definition) is 1. The summed E-state index contributed by atoms with van der Waals surface area (Å²) in [7, 11) is 0. The van der Waals surface area contributed by atoms with Gasteiger partial charge in [-0.1, -0.05) is 30.0 Å². The van der Waals surface area contributed by atoms with E-state index in [4.69, 9.17) is 4.42 Å². The van der Waals surface area contributed by atoms with Gasteiger partial charge in [0, 0.05) is 12.6 Å². The van der Waals surface area contributed by atoms with Crippen molar-refractivity contribution in [2.24, 2.45) is 0 Å². The first-order valence-corrected chi connectivity index (χ1v) is 10.2. The highest BCUT2D eigenvalue weighted by Gasteiger charge is 2.17. The minimum Gasteiger partial charge on any atom is -0.461 e. The summed E-state index contributed by atoms with van der Waals surface area (Å²) in [6, 6.07) is 15.2. The average molecular weight is 408 g/mol. The number of anilines is 1. The van der Waals surface area contributed by atoms with Crippen molar-refractivity contribution < 1.29 is 9.21 Å². The van der Waals surface area contributed by atoms with Gasteiger partial charge in [0.05, 0.1) is 23.4 Å². The van der Waals surface area contributed by atoms with E-state index in [1.165, 1.54) is 11.8 Å². The topological polar surface area (TPSA) is 90.8 Å². The molecule has 3 aromatic heterocycles. The second-order valence-corrected chi connectivity index (χ2v) is 7.23. The van der Waals surface area contributed by atoms with E-state index in [0.717, 1.165) is 11.4 Å². The molecule has 0 saturated heterocycles. The highest BCUT2D eigenvalue weighted by molar-refractivity contribution is 7.99. The number of para-hydroxylation sites is 1. The predicted molar refractivity (Wildman–Crippen MR) is 111 cm³/mol. The molecule has 0 atom stereocenters. The van der Waals surface area contributed by atoms with Gasteiger partial charge < -0.3 is 9.73 Å². The van der Waals surface area contributed by atoms with Crippen LogP contribution >= 0.6 is 11.8 Å². The zero-order valence-electron chi connectivity index (χ0n) is 16.1. The molecule has 0 unspecified atom stereocenters. The number of aryl methyl sites for hydroxylation is 1. The summed E-state index contributed by atoms with van der Waals surface area (Å²) in [4.78, 5) is 12.6. The molecule has 0 radical (unpaired) electrons. The second-order valence-electron chi connectivity index (χ2n) is 6.28. The number of thioether (sulfide) groups is 1. The third kappa shape index (κ3) is 4.09. The van der Waals surface area contributed by atoms with E-state index in [1.54, 1.807) is 10.9 Å². The van der Waals surface area contributed by atoms with E-state index < -0.39 is 0 Å². The van der Waals surface area contributed by atoms with Crippen LogP contribution in [0.3, 0.4) is 0 Å². The van der Waals surface area contributed by atoms with Crippen LogP contribution < -0.4 is 5.32 Å². The molecule has 0 spiro atoms. The van der Waals surface area contributed by atoms with Crippen LogP contribution in [0.2, 0.25) is 0 Å². The van der Waals surface area contributed by atoms with Gasteiger partial charge in [0.2, 0.25) is 5.91 Å². The Kier molecular flexibility index (Phi) is 5.48. The molecule has 8 nitrogen and oxygen atoms in total. The molecule has 9 heteroatoms. The second kappa shape index (κ2) is 8.36. The molecule has 0 fully saturated rings. The number of carbonyl (C=O) groups excluding carboxylic acids is 1. The van der Waals surface area contributed by atoms with Gasteiger partial charge in [-0.25, -0.2) is 4.68 Å². The number of hydrogen-bond acceptors (Lipinski definition) is 6. The number of rotatable bonds is 7. The average Bonchev–Trinajstić information content (AvgIpc) is 3.46. The summed E-state index contributed by atoms with van der Waals surface area (Å²) >= 11 is 1.33. The molecule has 29 heavy (non-hydrogen) atoms. The number of nitrogens with zero attached hydrogens (tertiary/aromatic N) is 5. The van der Waals surface area contributed by atoms with Crippen LogP contribution in [-0.4, -0.2) is 36.2 Å². The number of furan rings is 1. The van der Waals surface area contributed by atoms with Crippen LogP contribution in [0.25, 0.3) is 17.3 Å². The number of nitrogens with one attached hydrogen (secondary N) is 1. The lowest BCUT2D eigenvalue weighted by atomic mass is 10.3. The summed E-state index contributed by atoms with van der Waals surface area (Å²) in [6.07, 6.45) is 1.60. The highest BCUT2D eigenvalue weighted by atomic mass is 32.2.